The summed E-state index contributed by atoms with van der Waals surface area (Å²) < 4.78 is 0. The fourth-order valence-electron chi connectivity index (χ4n) is 3.58. The molecule has 1 aliphatic heterocycles. The van der Waals surface area contributed by atoms with Crippen LogP contribution in [0.25, 0.3) is 0 Å². The predicted octanol–water partition coefficient (Wildman–Crippen LogP) is 2.45. The molecule has 0 spiro atoms. The molecule has 0 aromatic heterocycles. The van der Waals surface area contributed by atoms with E-state index in [1.807, 2.05) is 6.92 Å². The van der Waals surface area contributed by atoms with Gasteiger partial charge in [0.15, 0.2) is 0 Å². The smallest absolute Gasteiger partial charge is 0.222 e. The minimum atomic E-state index is 0.150. The number of carbonyl (C=O) groups is 1. The normalized spacial score (nSPS) is 39.3. The van der Waals surface area contributed by atoms with Crippen LogP contribution in [-0.2, 0) is 4.79 Å². The van der Waals surface area contributed by atoms with Crippen molar-refractivity contribution in [2.45, 2.75) is 64.3 Å². The van der Waals surface area contributed by atoms with Crippen LogP contribution < -0.4 is 11.1 Å². The molecular formula is C15H28N2O. The number of fused-ring (bicyclic) bond motifs is 2. The van der Waals surface area contributed by atoms with Crippen molar-refractivity contribution in [2.24, 2.45) is 23.5 Å². The molecule has 104 valence electrons. The van der Waals surface area contributed by atoms with Gasteiger partial charge in [-0.25, -0.2) is 0 Å². The Morgan fingerprint density at radius 1 is 1.11 bits per heavy atom. The standard InChI is InChI=1S/C15H28N2O/c1-11-4-2-7-14(16)13-6-3-5-12(10-13)8-9-17-15(11)18/h11-14H,2-10,16H2,1H3,(H,17,18). The minimum absolute atomic E-state index is 0.150. The van der Waals surface area contributed by atoms with E-state index in [4.69, 9.17) is 5.73 Å². The van der Waals surface area contributed by atoms with Gasteiger partial charge in [-0.3, -0.25) is 4.79 Å². The van der Waals surface area contributed by atoms with Gasteiger partial charge in [0.05, 0.1) is 0 Å². The van der Waals surface area contributed by atoms with E-state index in [2.05, 4.69) is 5.32 Å². The van der Waals surface area contributed by atoms with Gasteiger partial charge in [-0.1, -0.05) is 26.2 Å². The van der Waals surface area contributed by atoms with Gasteiger partial charge in [0.25, 0.3) is 0 Å². The molecule has 3 N–H and O–H groups in total. The van der Waals surface area contributed by atoms with E-state index in [1.54, 1.807) is 0 Å². The third kappa shape index (κ3) is 3.71. The van der Waals surface area contributed by atoms with Crippen molar-refractivity contribution in [1.29, 1.82) is 0 Å². The third-order valence-corrected chi connectivity index (χ3v) is 4.90. The average molecular weight is 252 g/mol. The van der Waals surface area contributed by atoms with Crippen LogP contribution in [0.4, 0.5) is 0 Å². The van der Waals surface area contributed by atoms with Crippen LogP contribution in [-0.4, -0.2) is 18.5 Å². The highest BCUT2D eigenvalue weighted by molar-refractivity contribution is 5.78. The molecule has 2 aliphatic rings. The molecule has 0 radical (unpaired) electrons. The molecule has 1 aliphatic carbocycles. The van der Waals surface area contributed by atoms with Crippen molar-refractivity contribution in [3.05, 3.63) is 0 Å². The summed E-state index contributed by atoms with van der Waals surface area (Å²) >= 11 is 0. The van der Waals surface area contributed by atoms with Crippen molar-refractivity contribution < 1.29 is 4.79 Å². The second-order valence-corrected chi connectivity index (χ2v) is 6.37. The first-order valence-electron chi connectivity index (χ1n) is 7.70. The van der Waals surface area contributed by atoms with Crippen LogP contribution in [0.2, 0.25) is 0 Å². The average Bonchev–Trinajstić information content (AvgIpc) is 2.37. The maximum atomic E-state index is 11.8. The summed E-state index contributed by atoms with van der Waals surface area (Å²) in [7, 11) is 0. The van der Waals surface area contributed by atoms with E-state index in [0.29, 0.717) is 6.04 Å². The molecule has 4 atom stereocenters. The molecule has 3 nitrogen and oxygen atoms in total. The summed E-state index contributed by atoms with van der Waals surface area (Å²) in [6.07, 6.45) is 9.57. The molecular weight excluding hydrogens is 224 g/mol. The van der Waals surface area contributed by atoms with E-state index in [9.17, 15) is 4.79 Å². The Balaban J connectivity index is 1.95. The maximum Gasteiger partial charge on any atom is 0.222 e. The largest absolute Gasteiger partial charge is 0.356 e. The predicted molar refractivity (Wildman–Crippen MR) is 74.1 cm³/mol. The summed E-state index contributed by atoms with van der Waals surface area (Å²) in [5, 5.41) is 3.09. The fraction of sp³-hybridized carbons (Fsp3) is 0.933. The lowest BCUT2D eigenvalue weighted by Crippen LogP contribution is -2.37. The number of amides is 1. The molecule has 0 aromatic carbocycles. The van der Waals surface area contributed by atoms with Gasteiger partial charge in [0.1, 0.15) is 0 Å². The number of hydrogen-bond donors (Lipinski definition) is 2. The van der Waals surface area contributed by atoms with Gasteiger partial charge in [0.2, 0.25) is 5.91 Å². The summed E-state index contributed by atoms with van der Waals surface area (Å²) in [4.78, 5) is 11.8. The molecule has 1 saturated carbocycles. The van der Waals surface area contributed by atoms with E-state index in [1.165, 1.54) is 25.7 Å². The quantitative estimate of drug-likeness (QED) is 0.696. The van der Waals surface area contributed by atoms with Crippen LogP contribution >= 0.6 is 0 Å². The molecule has 4 unspecified atom stereocenters. The number of carbonyl (C=O) groups excluding carboxylic acids is 1. The van der Waals surface area contributed by atoms with Crippen molar-refractivity contribution in [1.82, 2.24) is 5.32 Å². The lowest BCUT2D eigenvalue weighted by molar-refractivity contribution is -0.124. The monoisotopic (exact) mass is 252 g/mol. The van der Waals surface area contributed by atoms with Crippen LogP contribution in [0, 0.1) is 17.8 Å². The Morgan fingerprint density at radius 3 is 2.72 bits per heavy atom. The second-order valence-electron chi connectivity index (χ2n) is 6.37. The summed E-state index contributed by atoms with van der Waals surface area (Å²) in [6, 6.07) is 0.363. The first kappa shape index (κ1) is 13.9. The number of rotatable bonds is 0. The molecule has 1 heterocycles. The highest BCUT2D eigenvalue weighted by Crippen LogP contribution is 2.33. The van der Waals surface area contributed by atoms with Crippen molar-refractivity contribution in [3.8, 4) is 0 Å². The van der Waals surface area contributed by atoms with Gasteiger partial charge in [-0.15, -0.1) is 0 Å². The van der Waals surface area contributed by atoms with Gasteiger partial charge >= 0.3 is 0 Å². The van der Waals surface area contributed by atoms with Gasteiger partial charge < -0.3 is 11.1 Å². The zero-order valence-corrected chi connectivity index (χ0v) is 11.7. The lowest BCUT2D eigenvalue weighted by atomic mass is 9.75. The highest BCUT2D eigenvalue weighted by Gasteiger charge is 2.27. The third-order valence-electron chi connectivity index (χ3n) is 4.90. The summed E-state index contributed by atoms with van der Waals surface area (Å²) in [5.74, 6) is 1.90. The number of nitrogens with two attached hydrogens (primary N) is 1. The SMILES string of the molecule is CC1CCCC(N)C2CCCC(CCNC1=O)C2. The van der Waals surface area contributed by atoms with Crippen LogP contribution in [0.15, 0.2) is 0 Å². The molecule has 18 heavy (non-hydrogen) atoms. The van der Waals surface area contributed by atoms with Gasteiger partial charge in [-0.2, -0.15) is 0 Å². The first-order chi connectivity index (χ1) is 8.66. The number of hydrogen-bond acceptors (Lipinski definition) is 2. The highest BCUT2D eigenvalue weighted by atomic mass is 16.1. The van der Waals surface area contributed by atoms with E-state index < -0.39 is 0 Å². The minimum Gasteiger partial charge on any atom is -0.356 e. The molecule has 3 heteroatoms. The van der Waals surface area contributed by atoms with E-state index >= 15 is 0 Å². The number of nitrogens with one attached hydrogen (secondary N) is 1. The van der Waals surface area contributed by atoms with E-state index in [-0.39, 0.29) is 11.8 Å². The topological polar surface area (TPSA) is 55.1 Å². The second kappa shape index (κ2) is 6.55. The Labute approximate surface area is 111 Å². The first-order valence-corrected chi connectivity index (χ1v) is 7.70. The lowest BCUT2D eigenvalue weighted by Gasteiger charge is -2.33. The Bertz CT molecular complexity index is 280. The Kier molecular flexibility index (Phi) is 5.04. The van der Waals surface area contributed by atoms with Crippen molar-refractivity contribution in [2.75, 3.05) is 6.54 Å². The fourth-order valence-corrected chi connectivity index (χ4v) is 3.58. The summed E-state index contributed by atoms with van der Waals surface area (Å²) in [5.41, 5.74) is 6.35. The van der Waals surface area contributed by atoms with Gasteiger partial charge in [0, 0.05) is 18.5 Å². The molecule has 1 amide bonds. The van der Waals surface area contributed by atoms with Crippen molar-refractivity contribution >= 4 is 5.91 Å². The zero-order valence-electron chi connectivity index (χ0n) is 11.7. The molecule has 2 rings (SSSR count). The van der Waals surface area contributed by atoms with Crippen LogP contribution in [0.3, 0.4) is 0 Å². The van der Waals surface area contributed by atoms with Crippen LogP contribution in [0.5, 0.6) is 0 Å². The summed E-state index contributed by atoms with van der Waals surface area (Å²) in [6.45, 7) is 2.89. The van der Waals surface area contributed by atoms with Crippen molar-refractivity contribution in [3.63, 3.8) is 0 Å². The van der Waals surface area contributed by atoms with E-state index in [0.717, 1.165) is 44.1 Å². The molecule has 2 bridgehead atoms. The Morgan fingerprint density at radius 2 is 1.89 bits per heavy atom. The molecule has 0 aromatic rings. The zero-order chi connectivity index (χ0) is 13.0. The molecule has 2 fully saturated rings. The molecule has 1 saturated heterocycles. The maximum absolute atomic E-state index is 11.8. The van der Waals surface area contributed by atoms with Crippen LogP contribution in [0.1, 0.15) is 58.3 Å². The van der Waals surface area contributed by atoms with Gasteiger partial charge in [-0.05, 0) is 43.9 Å². The Hall–Kier alpha value is -0.570.